The molecule has 0 aliphatic carbocycles. The van der Waals surface area contributed by atoms with E-state index < -0.39 is 0 Å². The highest BCUT2D eigenvalue weighted by Gasteiger charge is 2.06. The Kier molecular flexibility index (Phi) is 3.55. The van der Waals surface area contributed by atoms with E-state index in [1.807, 2.05) is 0 Å². The Morgan fingerprint density at radius 1 is 1.29 bits per heavy atom. The molecule has 2 aromatic rings. The van der Waals surface area contributed by atoms with Gasteiger partial charge in [-0.15, -0.1) is 0 Å². The molecule has 1 heterocycles. The van der Waals surface area contributed by atoms with E-state index in [1.54, 1.807) is 24.3 Å². The number of benzene rings is 1. The molecule has 0 atom stereocenters. The predicted molar refractivity (Wildman–Crippen MR) is 61.1 cm³/mol. The van der Waals surface area contributed by atoms with Crippen LogP contribution in [0.15, 0.2) is 47.3 Å². The van der Waals surface area contributed by atoms with Gasteiger partial charge in [0.05, 0.1) is 11.8 Å². The van der Waals surface area contributed by atoms with Crippen LogP contribution < -0.4 is 5.32 Å². The lowest BCUT2D eigenvalue weighted by molar-refractivity contribution is 0.0953. The number of hydrogen-bond acceptors (Lipinski definition) is 2. The third-order valence-corrected chi connectivity index (χ3v) is 2.42. The molecule has 0 saturated carbocycles. The van der Waals surface area contributed by atoms with Gasteiger partial charge in [-0.2, -0.15) is 0 Å². The summed E-state index contributed by atoms with van der Waals surface area (Å²) in [5.74, 6) is -0.458. The Bertz CT molecular complexity index is 494. The third kappa shape index (κ3) is 2.93. The van der Waals surface area contributed by atoms with Crippen LogP contribution in [-0.2, 0) is 6.42 Å². The number of hydrogen-bond donors (Lipinski definition) is 1. The Morgan fingerprint density at radius 2 is 2.12 bits per heavy atom. The van der Waals surface area contributed by atoms with Gasteiger partial charge in [-0.3, -0.25) is 4.79 Å². The third-order valence-electron chi connectivity index (χ3n) is 2.42. The van der Waals surface area contributed by atoms with Crippen molar-refractivity contribution in [1.29, 1.82) is 0 Å². The van der Waals surface area contributed by atoms with Crippen molar-refractivity contribution in [2.45, 2.75) is 6.42 Å². The first kappa shape index (κ1) is 11.4. The minimum Gasteiger partial charge on any atom is -0.472 e. The van der Waals surface area contributed by atoms with Crippen molar-refractivity contribution in [2.24, 2.45) is 0 Å². The number of carbonyl (C=O) groups excluding carboxylic acids is 1. The van der Waals surface area contributed by atoms with Crippen LogP contribution in [0.5, 0.6) is 0 Å². The summed E-state index contributed by atoms with van der Waals surface area (Å²) >= 11 is 0. The molecule has 0 bridgehead atoms. The van der Waals surface area contributed by atoms with Gasteiger partial charge >= 0.3 is 0 Å². The molecule has 3 nitrogen and oxygen atoms in total. The fourth-order valence-corrected chi connectivity index (χ4v) is 1.51. The molecule has 0 aliphatic rings. The topological polar surface area (TPSA) is 42.2 Å². The minimum absolute atomic E-state index is 0.213. The van der Waals surface area contributed by atoms with Crippen LogP contribution in [0.25, 0.3) is 0 Å². The SMILES string of the molecule is O=C(NCCc1ccccc1F)c1ccoc1. The van der Waals surface area contributed by atoms with Crippen LogP contribution in [0.1, 0.15) is 15.9 Å². The van der Waals surface area contributed by atoms with Gasteiger partial charge in [0, 0.05) is 6.54 Å². The van der Waals surface area contributed by atoms with Gasteiger partial charge in [0.1, 0.15) is 12.1 Å². The molecular weight excluding hydrogens is 221 g/mol. The number of carbonyl (C=O) groups is 1. The summed E-state index contributed by atoms with van der Waals surface area (Å²) in [6.07, 6.45) is 3.28. The van der Waals surface area contributed by atoms with Crippen molar-refractivity contribution < 1.29 is 13.6 Å². The highest BCUT2D eigenvalue weighted by Crippen LogP contribution is 2.06. The van der Waals surface area contributed by atoms with Gasteiger partial charge in [-0.25, -0.2) is 4.39 Å². The number of amides is 1. The van der Waals surface area contributed by atoms with E-state index in [9.17, 15) is 9.18 Å². The number of rotatable bonds is 4. The van der Waals surface area contributed by atoms with Crippen molar-refractivity contribution in [3.8, 4) is 0 Å². The van der Waals surface area contributed by atoms with Crippen LogP contribution in [0.2, 0.25) is 0 Å². The van der Waals surface area contributed by atoms with Gasteiger partial charge in [0.25, 0.3) is 5.91 Å². The van der Waals surface area contributed by atoms with Gasteiger partial charge < -0.3 is 9.73 Å². The minimum atomic E-state index is -0.245. The zero-order chi connectivity index (χ0) is 12.1. The largest absolute Gasteiger partial charge is 0.472 e. The molecule has 4 heteroatoms. The van der Waals surface area contributed by atoms with Crippen LogP contribution in [-0.4, -0.2) is 12.5 Å². The van der Waals surface area contributed by atoms with E-state index in [2.05, 4.69) is 5.32 Å². The lowest BCUT2D eigenvalue weighted by Crippen LogP contribution is -2.25. The first-order valence-corrected chi connectivity index (χ1v) is 5.31. The van der Waals surface area contributed by atoms with Gasteiger partial charge in [0.2, 0.25) is 0 Å². The van der Waals surface area contributed by atoms with E-state index >= 15 is 0 Å². The molecule has 17 heavy (non-hydrogen) atoms. The quantitative estimate of drug-likeness (QED) is 0.881. The van der Waals surface area contributed by atoms with Gasteiger partial charge in [0.15, 0.2) is 0 Å². The number of furan rings is 1. The van der Waals surface area contributed by atoms with E-state index in [-0.39, 0.29) is 11.7 Å². The summed E-state index contributed by atoms with van der Waals surface area (Å²) in [4.78, 5) is 11.5. The molecule has 1 aromatic heterocycles. The van der Waals surface area contributed by atoms with Crippen molar-refractivity contribution in [2.75, 3.05) is 6.54 Å². The normalized spacial score (nSPS) is 10.2. The fraction of sp³-hybridized carbons (Fsp3) is 0.154. The fourth-order valence-electron chi connectivity index (χ4n) is 1.51. The molecular formula is C13H12FNO2. The predicted octanol–water partition coefficient (Wildman–Crippen LogP) is 2.39. The molecule has 0 saturated heterocycles. The van der Waals surface area contributed by atoms with Crippen LogP contribution in [0, 0.1) is 5.82 Å². The number of nitrogens with one attached hydrogen (secondary N) is 1. The second-order valence-corrected chi connectivity index (χ2v) is 3.61. The maximum Gasteiger partial charge on any atom is 0.254 e. The van der Waals surface area contributed by atoms with Crippen LogP contribution in [0.3, 0.4) is 0 Å². The molecule has 0 unspecified atom stereocenters. The summed E-state index contributed by atoms with van der Waals surface area (Å²) < 4.78 is 18.1. The molecule has 1 N–H and O–H groups in total. The maximum absolute atomic E-state index is 13.3. The van der Waals surface area contributed by atoms with E-state index in [1.165, 1.54) is 18.6 Å². The maximum atomic E-state index is 13.3. The summed E-state index contributed by atoms with van der Waals surface area (Å²) in [5, 5.41) is 2.70. The summed E-state index contributed by atoms with van der Waals surface area (Å²) in [5.41, 5.74) is 1.07. The van der Waals surface area contributed by atoms with E-state index in [0.717, 1.165) is 0 Å². The molecule has 1 aromatic carbocycles. The van der Waals surface area contributed by atoms with E-state index in [0.29, 0.717) is 24.1 Å². The molecule has 1 amide bonds. The van der Waals surface area contributed by atoms with Crippen molar-refractivity contribution >= 4 is 5.91 Å². The van der Waals surface area contributed by atoms with Gasteiger partial charge in [-0.05, 0) is 24.1 Å². The standard InChI is InChI=1S/C13H12FNO2/c14-12-4-2-1-3-10(12)5-7-15-13(16)11-6-8-17-9-11/h1-4,6,8-9H,5,7H2,(H,15,16). The van der Waals surface area contributed by atoms with Crippen LogP contribution >= 0.6 is 0 Å². The van der Waals surface area contributed by atoms with E-state index in [4.69, 9.17) is 4.42 Å². The molecule has 0 fully saturated rings. The zero-order valence-corrected chi connectivity index (χ0v) is 9.15. The highest BCUT2D eigenvalue weighted by atomic mass is 19.1. The lowest BCUT2D eigenvalue weighted by Gasteiger charge is -2.04. The Hall–Kier alpha value is -2.10. The Balaban J connectivity index is 1.84. The second kappa shape index (κ2) is 5.30. The molecule has 2 rings (SSSR count). The lowest BCUT2D eigenvalue weighted by atomic mass is 10.1. The Morgan fingerprint density at radius 3 is 2.82 bits per heavy atom. The zero-order valence-electron chi connectivity index (χ0n) is 9.15. The van der Waals surface area contributed by atoms with Crippen molar-refractivity contribution in [3.63, 3.8) is 0 Å². The summed E-state index contributed by atoms with van der Waals surface area (Å²) in [6, 6.07) is 8.12. The van der Waals surface area contributed by atoms with Gasteiger partial charge in [-0.1, -0.05) is 18.2 Å². The number of halogens is 1. The highest BCUT2D eigenvalue weighted by molar-refractivity contribution is 5.93. The first-order valence-electron chi connectivity index (χ1n) is 5.31. The Labute approximate surface area is 98.3 Å². The van der Waals surface area contributed by atoms with Crippen LogP contribution in [0.4, 0.5) is 4.39 Å². The summed E-state index contributed by atoms with van der Waals surface area (Å²) in [6.45, 7) is 0.394. The monoisotopic (exact) mass is 233 g/mol. The molecule has 0 spiro atoms. The first-order chi connectivity index (χ1) is 8.27. The smallest absolute Gasteiger partial charge is 0.254 e. The molecule has 0 aliphatic heterocycles. The molecule has 0 radical (unpaired) electrons. The van der Waals surface area contributed by atoms with Crippen molar-refractivity contribution in [3.05, 3.63) is 59.8 Å². The molecule has 88 valence electrons. The average molecular weight is 233 g/mol. The second-order valence-electron chi connectivity index (χ2n) is 3.61. The van der Waals surface area contributed by atoms with Crippen molar-refractivity contribution in [1.82, 2.24) is 5.32 Å². The average Bonchev–Trinajstić information content (AvgIpc) is 2.85. The summed E-state index contributed by atoms with van der Waals surface area (Å²) in [7, 11) is 0.